The molecule has 0 aliphatic heterocycles. The molecule has 96 valence electrons. The van der Waals surface area contributed by atoms with Crippen LogP contribution in [0.1, 0.15) is 5.69 Å². The second kappa shape index (κ2) is 5.70. The van der Waals surface area contributed by atoms with E-state index in [2.05, 4.69) is 0 Å². The Morgan fingerprint density at radius 2 is 1.95 bits per heavy atom. The zero-order valence-corrected chi connectivity index (χ0v) is 12.2. The second-order valence-corrected chi connectivity index (χ2v) is 5.66. The summed E-state index contributed by atoms with van der Waals surface area (Å²) in [6.07, 6.45) is 1.85. The van der Waals surface area contributed by atoms with Crippen molar-refractivity contribution in [2.24, 2.45) is 0 Å². The third kappa shape index (κ3) is 2.95. The Kier molecular flexibility index (Phi) is 4.20. The first-order chi connectivity index (χ1) is 9.02. The monoisotopic (exact) mass is 310 g/mol. The average molecular weight is 311 g/mol. The van der Waals surface area contributed by atoms with Gasteiger partial charge in [-0.15, -0.1) is 0 Å². The minimum atomic E-state index is -0.335. The number of nitriles is 1. The number of pyridine rings is 1. The van der Waals surface area contributed by atoms with Crippen molar-refractivity contribution in [2.45, 2.75) is 16.7 Å². The summed E-state index contributed by atoms with van der Waals surface area (Å²) in [6.45, 7) is 1.73. The summed E-state index contributed by atoms with van der Waals surface area (Å²) in [4.78, 5) is 13.2. The zero-order valence-electron chi connectivity index (χ0n) is 9.85. The molecule has 0 saturated heterocycles. The van der Waals surface area contributed by atoms with E-state index in [0.29, 0.717) is 15.7 Å². The van der Waals surface area contributed by atoms with Crippen LogP contribution in [0, 0.1) is 18.4 Å². The molecule has 0 atom stereocenters. The van der Waals surface area contributed by atoms with Gasteiger partial charge in [0.05, 0.1) is 10.0 Å². The van der Waals surface area contributed by atoms with Crippen LogP contribution in [-0.2, 0) is 0 Å². The molecule has 6 heteroatoms. The van der Waals surface area contributed by atoms with Crippen molar-refractivity contribution < 1.29 is 0 Å². The Balaban J connectivity index is 2.42. The van der Waals surface area contributed by atoms with Gasteiger partial charge in [-0.1, -0.05) is 35.0 Å². The topological polar surface area (TPSA) is 45.8 Å². The number of benzene rings is 1. The molecular weight excluding hydrogens is 303 g/mol. The van der Waals surface area contributed by atoms with Gasteiger partial charge in [0.1, 0.15) is 0 Å². The first-order valence-electron chi connectivity index (χ1n) is 5.28. The highest BCUT2D eigenvalue weighted by atomic mass is 35.5. The Hall–Kier alpha value is -1.41. The van der Waals surface area contributed by atoms with Crippen LogP contribution in [0.2, 0.25) is 10.0 Å². The number of hydrogen-bond acceptors (Lipinski definition) is 3. The van der Waals surface area contributed by atoms with E-state index in [-0.39, 0.29) is 5.56 Å². The lowest BCUT2D eigenvalue weighted by Gasteiger charge is -2.08. The van der Waals surface area contributed by atoms with Crippen molar-refractivity contribution in [3.63, 3.8) is 0 Å². The zero-order chi connectivity index (χ0) is 14.0. The first-order valence-corrected chi connectivity index (χ1v) is 6.86. The lowest BCUT2D eigenvalue weighted by atomic mass is 10.3. The molecule has 0 bridgehead atoms. The van der Waals surface area contributed by atoms with Crippen LogP contribution in [0.25, 0.3) is 0 Å². The maximum absolute atomic E-state index is 11.5. The van der Waals surface area contributed by atoms with Gasteiger partial charge in [0.15, 0.2) is 6.19 Å². The smallest absolute Gasteiger partial charge is 0.264 e. The van der Waals surface area contributed by atoms with E-state index in [0.717, 1.165) is 14.4 Å². The van der Waals surface area contributed by atoms with E-state index in [1.165, 1.54) is 17.8 Å². The Morgan fingerprint density at radius 3 is 2.58 bits per heavy atom. The molecule has 0 radical (unpaired) electrons. The lowest BCUT2D eigenvalue weighted by Crippen LogP contribution is -2.17. The number of halogens is 2. The minimum Gasteiger partial charge on any atom is -0.268 e. The SMILES string of the molecule is Cc1c(Sc2ccc(Cl)c(Cl)c2)ccc(=O)n1C#N. The highest BCUT2D eigenvalue weighted by Gasteiger charge is 2.08. The fourth-order valence-electron chi connectivity index (χ4n) is 1.52. The molecule has 0 spiro atoms. The molecule has 3 nitrogen and oxygen atoms in total. The summed E-state index contributed by atoms with van der Waals surface area (Å²) in [5, 5.41) is 9.90. The fraction of sp³-hybridized carbons (Fsp3) is 0.0769. The molecule has 1 aromatic heterocycles. The largest absolute Gasteiger partial charge is 0.268 e. The predicted molar refractivity (Wildman–Crippen MR) is 77.0 cm³/mol. The first kappa shape index (κ1) is 14.0. The summed E-state index contributed by atoms with van der Waals surface area (Å²) >= 11 is 13.2. The van der Waals surface area contributed by atoms with Gasteiger partial charge in [0.2, 0.25) is 0 Å². The van der Waals surface area contributed by atoms with Gasteiger partial charge in [-0.05, 0) is 31.2 Å². The number of nitrogens with zero attached hydrogens (tertiary/aromatic N) is 2. The molecule has 2 aromatic rings. The summed E-state index contributed by atoms with van der Waals surface area (Å²) < 4.78 is 1.06. The van der Waals surface area contributed by atoms with Crippen LogP contribution in [0.5, 0.6) is 0 Å². The van der Waals surface area contributed by atoms with Gasteiger partial charge in [-0.2, -0.15) is 5.26 Å². The third-order valence-electron chi connectivity index (χ3n) is 2.51. The second-order valence-electron chi connectivity index (χ2n) is 3.73. The molecule has 0 saturated carbocycles. The van der Waals surface area contributed by atoms with Gasteiger partial charge in [-0.3, -0.25) is 4.79 Å². The molecule has 19 heavy (non-hydrogen) atoms. The molecule has 0 unspecified atom stereocenters. The van der Waals surface area contributed by atoms with E-state index in [1.54, 1.807) is 25.1 Å². The summed E-state index contributed by atoms with van der Waals surface area (Å²) in [7, 11) is 0. The normalized spacial score (nSPS) is 10.2. The van der Waals surface area contributed by atoms with Crippen LogP contribution >= 0.6 is 35.0 Å². The molecule has 0 amide bonds. The van der Waals surface area contributed by atoms with Crippen molar-refractivity contribution in [3.05, 3.63) is 56.4 Å². The summed E-state index contributed by atoms with van der Waals surface area (Å²) in [6, 6.07) is 8.35. The van der Waals surface area contributed by atoms with Crippen molar-refractivity contribution in [1.82, 2.24) is 4.57 Å². The van der Waals surface area contributed by atoms with E-state index in [4.69, 9.17) is 28.5 Å². The summed E-state index contributed by atoms with van der Waals surface area (Å²) in [5.41, 5.74) is 0.268. The van der Waals surface area contributed by atoms with Crippen molar-refractivity contribution in [3.8, 4) is 6.19 Å². The van der Waals surface area contributed by atoms with Gasteiger partial charge >= 0.3 is 0 Å². The van der Waals surface area contributed by atoms with Crippen molar-refractivity contribution >= 4 is 35.0 Å². The molecule has 1 heterocycles. The van der Waals surface area contributed by atoms with Gasteiger partial charge in [0.25, 0.3) is 5.56 Å². The van der Waals surface area contributed by atoms with Crippen LogP contribution in [0.3, 0.4) is 0 Å². The van der Waals surface area contributed by atoms with E-state index < -0.39 is 0 Å². The molecule has 0 fully saturated rings. The average Bonchev–Trinajstić information content (AvgIpc) is 2.38. The molecule has 2 rings (SSSR count). The van der Waals surface area contributed by atoms with Crippen LogP contribution in [0.15, 0.2) is 44.9 Å². The number of rotatable bonds is 2. The molecule has 0 aliphatic carbocycles. The van der Waals surface area contributed by atoms with E-state index in [9.17, 15) is 4.79 Å². The Bertz CT molecular complexity index is 734. The van der Waals surface area contributed by atoms with Gasteiger partial charge in [0, 0.05) is 21.6 Å². The summed E-state index contributed by atoms with van der Waals surface area (Å²) in [5.74, 6) is 0. The highest BCUT2D eigenvalue weighted by molar-refractivity contribution is 7.99. The van der Waals surface area contributed by atoms with E-state index >= 15 is 0 Å². The van der Waals surface area contributed by atoms with Crippen LogP contribution in [-0.4, -0.2) is 4.57 Å². The molecule has 1 aromatic carbocycles. The standard InChI is InChI=1S/C13H8Cl2N2OS/c1-8-12(4-5-13(18)17(8)7-16)19-9-2-3-10(14)11(15)6-9/h2-6H,1H3. The maximum Gasteiger partial charge on any atom is 0.264 e. The van der Waals surface area contributed by atoms with Gasteiger partial charge < -0.3 is 0 Å². The van der Waals surface area contributed by atoms with Crippen molar-refractivity contribution in [2.75, 3.05) is 0 Å². The van der Waals surface area contributed by atoms with E-state index in [1.807, 2.05) is 12.3 Å². The lowest BCUT2D eigenvalue weighted by molar-refractivity contribution is 0.913. The van der Waals surface area contributed by atoms with Gasteiger partial charge in [-0.25, -0.2) is 4.57 Å². The van der Waals surface area contributed by atoms with Crippen LogP contribution < -0.4 is 5.56 Å². The Labute approximate surface area is 124 Å². The number of aromatic nitrogens is 1. The quantitative estimate of drug-likeness (QED) is 0.844. The fourth-order valence-corrected chi connectivity index (χ4v) is 2.82. The van der Waals surface area contributed by atoms with Crippen LogP contribution in [0.4, 0.5) is 0 Å². The predicted octanol–water partition coefficient (Wildman–Crippen LogP) is 3.94. The third-order valence-corrected chi connectivity index (χ3v) is 4.39. The Morgan fingerprint density at radius 1 is 1.21 bits per heavy atom. The van der Waals surface area contributed by atoms with Crippen molar-refractivity contribution in [1.29, 1.82) is 5.26 Å². The molecule has 0 aliphatic rings. The maximum atomic E-state index is 11.5. The number of hydrogen-bond donors (Lipinski definition) is 0. The molecule has 0 N–H and O–H groups in total. The minimum absolute atomic E-state index is 0.335. The highest BCUT2D eigenvalue weighted by Crippen LogP contribution is 2.33. The molecular formula is C13H8Cl2N2OS.